The molecule has 0 aliphatic heterocycles. The van der Waals surface area contributed by atoms with Gasteiger partial charge in [0.1, 0.15) is 17.0 Å². The van der Waals surface area contributed by atoms with Crippen LogP contribution in [0.15, 0.2) is 29.3 Å². The number of guanidine groups is 1. The molecule has 0 saturated heterocycles. The van der Waals surface area contributed by atoms with Crippen LogP contribution in [0.1, 0.15) is 73.3 Å². The quantitative estimate of drug-likeness (QED) is 0.337. The van der Waals surface area contributed by atoms with Crippen molar-refractivity contribution in [3.05, 3.63) is 29.8 Å². The van der Waals surface area contributed by atoms with Crippen LogP contribution in [0.5, 0.6) is 5.75 Å². The van der Waals surface area contributed by atoms with Crippen LogP contribution in [0.25, 0.3) is 0 Å². The van der Waals surface area contributed by atoms with Crippen LogP contribution < -0.4 is 5.32 Å². The molecule has 2 amide bonds. The Morgan fingerprint density at radius 3 is 2.12 bits per heavy atom. The number of hydrogen-bond donors (Lipinski definition) is 2. The summed E-state index contributed by atoms with van der Waals surface area (Å²) in [5.41, 5.74) is -0.415. The maximum Gasteiger partial charge on any atom is 0.417 e. The number of aromatic hydroxyl groups is 1. The molecule has 32 heavy (non-hydrogen) atoms. The smallest absolute Gasteiger partial charge is 0.417 e. The Kier molecular flexibility index (Phi) is 10.5. The number of benzene rings is 1. The number of unbranched alkanes of at least 4 members (excludes halogenated alkanes) is 2. The number of rotatable bonds is 7. The molecule has 0 spiro atoms. The molecule has 1 rings (SSSR count). The largest absolute Gasteiger partial charge is 0.508 e. The average Bonchev–Trinajstić information content (AvgIpc) is 2.63. The van der Waals surface area contributed by atoms with Gasteiger partial charge in [0, 0.05) is 13.1 Å². The molecule has 0 bridgehead atoms. The first kappa shape index (κ1) is 27.3. The van der Waals surface area contributed by atoms with Gasteiger partial charge in [-0.2, -0.15) is 0 Å². The number of ether oxygens (including phenoxy) is 2. The number of carbonyl (C=O) groups is 2. The van der Waals surface area contributed by atoms with Crippen molar-refractivity contribution in [3.63, 3.8) is 0 Å². The summed E-state index contributed by atoms with van der Waals surface area (Å²) in [7, 11) is 0. The Labute approximate surface area is 192 Å². The topological polar surface area (TPSA) is 100 Å². The Morgan fingerprint density at radius 1 is 1.00 bits per heavy atom. The third-order valence-electron chi connectivity index (χ3n) is 4.07. The van der Waals surface area contributed by atoms with Gasteiger partial charge in [0.05, 0.1) is 0 Å². The Bertz CT molecular complexity index is 761. The van der Waals surface area contributed by atoms with Gasteiger partial charge in [-0.1, -0.05) is 31.9 Å². The summed E-state index contributed by atoms with van der Waals surface area (Å²) in [6, 6.07) is 6.82. The van der Waals surface area contributed by atoms with Gasteiger partial charge in [0.15, 0.2) is 0 Å². The lowest BCUT2D eigenvalue weighted by Gasteiger charge is -2.29. The second-order valence-corrected chi connectivity index (χ2v) is 9.59. The summed E-state index contributed by atoms with van der Waals surface area (Å²) in [6.07, 6.45) is 1.94. The van der Waals surface area contributed by atoms with Gasteiger partial charge in [0.2, 0.25) is 5.96 Å². The van der Waals surface area contributed by atoms with Crippen LogP contribution in [-0.4, -0.2) is 52.4 Å². The fourth-order valence-electron chi connectivity index (χ4n) is 2.66. The first-order valence-electron chi connectivity index (χ1n) is 11.1. The predicted octanol–water partition coefficient (Wildman–Crippen LogP) is 5.24. The molecule has 0 saturated carbocycles. The highest BCUT2D eigenvalue weighted by atomic mass is 16.6. The predicted molar refractivity (Wildman–Crippen MR) is 126 cm³/mol. The first-order valence-corrected chi connectivity index (χ1v) is 11.1. The standard InChI is InChI=1S/C24H39N3O5/c1-8-9-10-17-27(22(30)32-24(5,6)7)20(26-21(29)31-23(2,3)4)25-16-15-18-11-13-19(28)14-12-18/h11-14,28H,8-10,15-17H2,1-7H3,(H,25,26,29). The van der Waals surface area contributed by atoms with E-state index in [9.17, 15) is 14.7 Å². The van der Waals surface area contributed by atoms with E-state index in [1.54, 1.807) is 65.8 Å². The summed E-state index contributed by atoms with van der Waals surface area (Å²) >= 11 is 0. The fraction of sp³-hybridized carbons (Fsp3) is 0.625. The van der Waals surface area contributed by atoms with E-state index in [0.717, 1.165) is 24.8 Å². The Hall–Kier alpha value is -2.77. The Balaban J connectivity index is 3.11. The van der Waals surface area contributed by atoms with Crippen LogP contribution in [-0.2, 0) is 15.9 Å². The molecule has 2 N–H and O–H groups in total. The van der Waals surface area contributed by atoms with Gasteiger partial charge in [-0.3, -0.25) is 10.3 Å². The van der Waals surface area contributed by atoms with Crippen molar-refractivity contribution < 1.29 is 24.2 Å². The molecule has 8 nitrogen and oxygen atoms in total. The lowest BCUT2D eigenvalue weighted by molar-refractivity contribution is 0.0356. The highest BCUT2D eigenvalue weighted by Gasteiger charge is 2.28. The molecule has 0 aliphatic carbocycles. The number of nitrogens with zero attached hydrogens (tertiary/aromatic N) is 2. The minimum atomic E-state index is -0.694. The fourth-order valence-corrected chi connectivity index (χ4v) is 2.66. The van der Waals surface area contributed by atoms with Crippen LogP contribution in [0.4, 0.5) is 9.59 Å². The van der Waals surface area contributed by atoms with Crippen molar-refractivity contribution in [2.45, 2.75) is 85.4 Å². The summed E-state index contributed by atoms with van der Waals surface area (Å²) in [6.45, 7) is 13.4. The summed E-state index contributed by atoms with van der Waals surface area (Å²) in [5, 5.41) is 12.1. The van der Waals surface area contributed by atoms with Gasteiger partial charge in [-0.15, -0.1) is 0 Å². The van der Waals surface area contributed by atoms with Crippen molar-refractivity contribution >= 4 is 18.1 Å². The Morgan fingerprint density at radius 2 is 1.59 bits per heavy atom. The number of phenolic OH excluding ortho intramolecular Hbond substituents is 1. The van der Waals surface area contributed by atoms with Crippen LogP contribution >= 0.6 is 0 Å². The molecule has 0 aliphatic rings. The van der Waals surface area contributed by atoms with E-state index in [4.69, 9.17) is 9.47 Å². The summed E-state index contributed by atoms with van der Waals surface area (Å²) in [5.74, 6) is 0.292. The SMILES string of the molecule is CCCCCN(C(=O)OC(C)(C)C)C(=NCCc1ccc(O)cc1)NC(=O)OC(C)(C)C. The second-order valence-electron chi connectivity index (χ2n) is 9.59. The highest BCUT2D eigenvalue weighted by Crippen LogP contribution is 2.13. The number of aliphatic imine (C=N–C) groups is 1. The molecular formula is C24H39N3O5. The number of hydrogen-bond acceptors (Lipinski definition) is 6. The zero-order chi connectivity index (χ0) is 24.4. The molecule has 0 heterocycles. The number of carbonyl (C=O) groups excluding carboxylic acids is 2. The molecule has 180 valence electrons. The van der Waals surface area contributed by atoms with E-state index in [-0.39, 0.29) is 11.7 Å². The molecular weight excluding hydrogens is 410 g/mol. The number of alkyl carbamates (subject to hydrolysis) is 1. The number of nitrogens with one attached hydrogen (secondary N) is 1. The minimum Gasteiger partial charge on any atom is -0.508 e. The van der Waals surface area contributed by atoms with Crippen LogP contribution in [0, 0.1) is 0 Å². The van der Waals surface area contributed by atoms with Crippen molar-refractivity contribution in [1.82, 2.24) is 10.2 Å². The molecule has 0 radical (unpaired) electrons. The highest BCUT2D eigenvalue weighted by molar-refractivity contribution is 6.01. The van der Waals surface area contributed by atoms with Crippen molar-refractivity contribution in [2.75, 3.05) is 13.1 Å². The summed E-state index contributed by atoms with van der Waals surface area (Å²) in [4.78, 5) is 31.3. The van der Waals surface area contributed by atoms with Gasteiger partial charge in [-0.25, -0.2) is 14.5 Å². The molecule has 0 fully saturated rings. The molecule has 0 atom stereocenters. The van der Waals surface area contributed by atoms with E-state index in [1.165, 1.54) is 4.90 Å². The van der Waals surface area contributed by atoms with Crippen molar-refractivity contribution in [2.24, 2.45) is 4.99 Å². The molecule has 0 aromatic heterocycles. The molecule has 8 heteroatoms. The zero-order valence-electron chi connectivity index (χ0n) is 20.5. The third kappa shape index (κ3) is 11.6. The average molecular weight is 450 g/mol. The van der Waals surface area contributed by atoms with Crippen LogP contribution in [0.3, 0.4) is 0 Å². The molecule has 0 unspecified atom stereocenters. The number of amides is 2. The molecule has 1 aromatic rings. The third-order valence-corrected chi connectivity index (χ3v) is 4.07. The number of phenols is 1. The maximum absolute atomic E-state index is 12.9. The van der Waals surface area contributed by atoms with E-state index in [1.807, 2.05) is 0 Å². The van der Waals surface area contributed by atoms with E-state index in [2.05, 4.69) is 17.2 Å². The van der Waals surface area contributed by atoms with Gasteiger partial charge >= 0.3 is 12.2 Å². The minimum absolute atomic E-state index is 0.100. The van der Waals surface area contributed by atoms with Crippen LogP contribution in [0.2, 0.25) is 0 Å². The maximum atomic E-state index is 12.9. The monoisotopic (exact) mass is 449 g/mol. The van der Waals surface area contributed by atoms with Gasteiger partial charge in [-0.05, 0) is 72.1 Å². The summed E-state index contributed by atoms with van der Waals surface area (Å²) < 4.78 is 10.9. The van der Waals surface area contributed by atoms with E-state index < -0.39 is 23.4 Å². The first-order chi connectivity index (χ1) is 14.8. The van der Waals surface area contributed by atoms with E-state index >= 15 is 0 Å². The normalized spacial score (nSPS) is 12.3. The van der Waals surface area contributed by atoms with Crippen molar-refractivity contribution in [3.8, 4) is 5.75 Å². The zero-order valence-corrected chi connectivity index (χ0v) is 20.5. The second kappa shape index (κ2) is 12.3. The molecule has 1 aromatic carbocycles. The van der Waals surface area contributed by atoms with Gasteiger partial charge in [0.25, 0.3) is 0 Å². The lowest BCUT2D eigenvalue weighted by atomic mass is 10.1. The van der Waals surface area contributed by atoms with Crippen molar-refractivity contribution in [1.29, 1.82) is 0 Å². The van der Waals surface area contributed by atoms with E-state index in [0.29, 0.717) is 19.5 Å². The lowest BCUT2D eigenvalue weighted by Crippen LogP contribution is -2.50. The van der Waals surface area contributed by atoms with Gasteiger partial charge < -0.3 is 14.6 Å².